The minimum absolute atomic E-state index is 0.00907. The van der Waals surface area contributed by atoms with E-state index in [0.717, 1.165) is 17.0 Å². The molecule has 0 aliphatic carbocycles. The molecular weight excluding hydrogens is 474 g/mol. The van der Waals surface area contributed by atoms with E-state index in [-0.39, 0.29) is 24.7 Å². The fraction of sp³-hybridized carbons (Fsp3) is 0.192. The van der Waals surface area contributed by atoms with Gasteiger partial charge in [-0.1, -0.05) is 6.07 Å². The highest BCUT2D eigenvalue weighted by Crippen LogP contribution is 2.27. The first-order chi connectivity index (χ1) is 17.8. The zero-order chi connectivity index (χ0) is 26.5. The first kappa shape index (κ1) is 25.2. The predicted octanol–water partition coefficient (Wildman–Crippen LogP) is 2.99. The Morgan fingerprint density at radius 2 is 1.95 bits per heavy atom. The normalized spacial score (nSPS) is 10.8. The number of carboxylic acid groups (broad SMARTS) is 1. The average molecular weight is 502 g/mol. The zero-order valence-corrected chi connectivity index (χ0v) is 20.4. The first-order valence-electron chi connectivity index (χ1n) is 11.4. The minimum Gasteiger partial charge on any atom is -0.495 e. The number of benzene rings is 2. The van der Waals surface area contributed by atoms with Gasteiger partial charge in [-0.05, 0) is 48.5 Å². The number of carbonyl (C=O) groups is 2. The van der Waals surface area contributed by atoms with Crippen LogP contribution in [0.3, 0.4) is 0 Å². The van der Waals surface area contributed by atoms with Crippen molar-refractivity contribution >= 4 is 40.3 Å². The van der Waals surface area contributed by atoms with Gasteiger partial charge in [-0.15, -0.1) is 0 Å². The van der Waals surface area contributed by atoms with Gasteiger partial charge in [-0.25, -0.2) is 9.97 Å². The van der Waals surface area contributed by atoms with Crippen LogP contribution in [0.1, 0.15) is 28.2 Å². The lowest BCUT2D eigenvalue weighted by atomic mass is 10.1. The van der Waals surface area contributed by atoms with E-state index in [1.54, 1.807) is 61.8 Å². The number of pyridine rings is 1. The van der Waals surface area contributed by atoms with E-state index < -0.39 is 5.97 Å². The maximum absolute atomic E-state index is 13.4. The number of ether oxygens (including phenoxy) is 1. The van der Waals surface area contributed by atoms with E-state index in [4.69, 9.17) is 26.0 Å². The van der Waals surface area contributed by atoms with Crippen molar-refractivity contribution in [1.29, 1.82) is 5.41 Å². The molecule has 0 atom stereocenters. The highest BCUT2D eigenvalue weighted by molar-refractivity contribution is 6.07. The second kappa shape index (κ2) is 10.8. The van der Waals surface area contributed by atoms with Gasteiger partial charge < -0.3 is 25.5 Å². The number of methoxy groups -OCH3 is 1. The number of carboxylic acids is 1. The van der Waals surface area contributed by atoms with Crippen molar-refractivity contribution in [3.8, 4) is 5.75 Å². The molecule has 2 aromatic carbocycles. The van der Waals surface area contributed by atoms with Gasteiger partial charge in [0.1, 0.15) is 23.2 Å². The second-order valence-corrected chi connectivity index (χ2v) is 8.26. The molecular formula is C26H27N7O4. The Balaban J connectivity index is 1.58. The number of amides is 1. The van der Waals surface area contributed by atoms with Gasteiger partial charge >= 0.3 is 5.97 Å². The summed E-state index contributed by atoms with van der Waals surface area (Å²) in [5.74, 6) is 0.251. The fourth-order valence-electron chi connectivity index (χ4n) is 3.92. The standard InChI is InChI=1S/C26H27N7O4/c1-32-20-9-7-17(26(36)33(12-10-24(34)35)22-5-3-4-11-29-22)13-19(20)31-23(32)15-30-18-8-6-16(25(27)28)14-21(18)37-2/h3-9,11,13-14,30H,10,12,15H2,1-2H3,(H3,27,28)(H,34,35). The number of aryl methyl sites for hydroxylation is 1. The molecule has 11 heteroatoms. The topological polar surface area (TPSA) is 159 Å². The van der Waals surface area contributed by atoms with E-state index in [1.807, 2.05) is 17.7 Å². The van der Waals surface area contributed by atoms with Crippen LogP contribution in [0.4, 0.5) is 11.5 Å². The highest BCUT2D eigenvalue weighted by Gasteiger charge is 2.21. The van der Waals surface area contributed by atoms with Crippen LogP contribution in [0, 0.1) is 5.41 Å². The van der Waals surface area contributed by atoms with Gasteiger partial charge in [0.15, 0.2) is 0 Å². The minimum atomic E-state index is -1.00. The fourth-order valence-corrected chi connectivity index (χ4v) is 3.92. The Labute approximate surface area is 213 Å². The number of carbonyl (C=O) groups excluding carboxylic acids is 1. The number of fused-ring (bicyclic) bond motifs is 1. The molecule has 5 N–H and O–H groups in total. The van der Waals surface area contributed by atoms with Gasteiger partial charge in [0.05, 0.1) is 36.8 Å². The Morgan fingerprint density at radius 3 is 2.62 bits per heavy atom. The van der Waals surface area contributed by atoms with Crippen LogP contribution in [0.5, 0.6) is 5.75 Å². The molecule has 4 aromatic rings. The predicted molar refractivity (Wildman–Crippen MR) is 140 cm³/mol. The third-order valence-electron chi connectivity index (χ3n) is 5.89. The van der Waals surface area contributed by atoms with Crippen molar-refractivity contribution < 1.29 is 19.4 Å². The number of imidazole rings is 1. The Hall–Kier alpha value is -4.93. The molecule has 0 unspecified atom stereocenters. The quantitative estimate of drug-likeness (QED) is 0.191. The Bertz CT molecular complexity index is 1470. The van der Waals surface area contributed by atoms with E-state index in [9.17, 15) is 9.59 Å². The number of nitrogen functional groups attached to an aromatic ring is 1. The molecule has 0 aliphatic heterocycles. The molecule has 0 aliphatic rings. The summed E-state index contributed by atoms with van der Waals surface area (Å²) >= 11 is 0. The van der Waals surface area contributed by atoms with E-state index in [2.05, 4.69) is 10.3 Å². The molecule has 37 heavy (non-hydrogen) atoms. The van der Waals surface area contributed by atoms with Crippen LogP contribution in [-0.2, 0) is 18.4 Å². The molecule has 11 nitrogen and oxygen atoms in total. The number of aliphatic carboxylic acids is 1. The summed E-state index contributed by atoms with van der Waals surface area (Å²) in [6, 6.07) is 15.6. The number of hydrogen-bond acceptors (Lipinski definition) is 7. The lowest BCUT2D eigenvalue weighted by Crippen LogP contribution is -2.33. The van der Waals surface area contributed by atoms with Gasteiger partial charge in [0, 0.05) is 30.9 Å². The number of nitrogens with two attached hydrogens (primary N) is 1. The monoisotopic (exact) mass is 501 g/mol. The summed E-state index contributed by atoms with van der Waals surface area (Å²) in [4.78, 5) is 34.8. The number of aromatic nitrogens is 3. The highest BCUT2D eigenvalue weighted by atomic mass is 16.5. The first-order valence-corrected chi connectivity index (χ1v) is 11.4. The lowest BCUT2D eigenvalue weighted by molar-refractivity contribution is -0.136. The van der Waals surface area contributed by atoms with Crippen molar-refractivity contribution in [3.63, 3.8) is 0 Å². The average Bonchev–Trinajstić information content (AvgIpc) is 3.22. The van der Waals surface area contributed by atoms with Crippen LogP contribution in [0.25, 0.3) is 11.0 Å². The summed E-state index contributed by atoms with van der Waals surface area (Å²) in [6.07, 6.45) is 1.35. The molecule has 0 saturated carbocycles. The third kappa shape index (κ3) is 5.50. The third-order valence-corrected chi connectivity index (χ3v) is 5.89. The summed E-state index contributed by atoms with van der Waals surface area (Å²) in [7, 11) is 3.43. The van der Waals surface area contributed by atoms with Crippen LogP contribution in [0.2, 0.25) is 0 Å². The zero-order valence-electron chi connectivity index (χ0n) is 20.4. The summed E-state index contributed by atoms with van der Waals surface area (Å²) in [5.41, 5.74) is 8.69. The molecule has 0 fully saturated rings. The number of rotatable bonds is 10. The molecule has 190 valence electrons. The number of nitrogens with one attached hydrogen (secondary N) is 2. The summed E-state index contributed by atoms with van der Waals surface area (Å²) in [6.45, 7) is 0.369. The van der Waals surface area contributed by atoms with Crippen LogP contribution >= 0.6 is 0 Å². The van der Waals surface area contributed by atoms with Gasteiger partial charge in [-0.3, -0.25) is 19.9 Å². The number of hydrogen-bond donors (Lipinski definition) is 4. The summed E-state index contributed by atoms with van der Waals surface area (Å²) < 4.78 is 7.35. The maximum atomic E-state index is 13.4. The smallest absolute Gasteiger partial charge is 0.305 e. The van der Waals surface area contributed by atoms with Crippen molar-refractivity contribution in [1.82, 2.24) is 14.5 Å². The molecule has 1 amide bonds. The molecule has 2 aromatic heterocycles. The summed E-state index contributed by atoms with van der Waals surface area (Å²) in [5, 5.41) is 20.0. The van der Waals surface area contributed by atoms with E-state index >= 15 is 0 Å². The SMILES string of the molecule is COc1cc(C(=N)N)ccc1NCc1nc2cc(C(=O)N(CCC(=O)O)c3ccccn3)ccc2n1C. The van der Waals surface area contributed by atoms with Crippen LogP contribution in [-0.4, -0.2) is 51.0 Å². The largest absolute Gasteiger partial charge is 0.495 e. The van der Waals surface area contributed by atoms with Gasteiger partial charge in [0.2, 0.25) is 0 Å². The molecule has 2 heterocycles. The van der Waals surface area contributed by atoms with E-state index in [1.165, 1.54) is 4.90 Å². The maximum Gasteiger partial charge on any atom is 0.305 e. The van der Waals surface area contributed by atoms with Crippen molar-refractivity contribution in [2.24, 2.45) is 12.8 Å². The van der Waals surface area contributed by atoms with Gasteiger partial charge in [-0.2, -0.15) is 0 Å². The molecule has 0 radical (unpaired) electrons. The van der Waals surface area contributed by atoms with Gasteiger partial charge in [0.25, 0.3) is 5.91 Å². The second-order valence-electron chi connectivity index (χ2n) is 8.26. The van der Waals surface area contributed by atoms with Crippen LogP contribution in [0.15, 0.2) is 60.8 Å². The van der Waals surface area contributed by atoms with Crippen LogP contribution < -0.4 is 20.7 Å². The van der Waals surface area contributed by atoms with E-state index in [0.29, 0.717) is 34.8 Å². The number of nitrogens with zero attached hydrogens (tertiary/aromatic N) is 4. The number of amidine groups is 1. The molecule has 0 saturated heterocycles. The Kier molecular flexibility index (Phi) is 7.33. The number of anilines is 2. The van der Waals surface area contributed by atoms with Crippen molar-refractivity contribution in [3.05, 3.63) is 77.7 Å². The van der Waals surface area contributed by atoms with Crippen molar-refractivity contribution in [2.75, 3.05) is 23.9 Å². The molecule has 4 rings (SSSR count). The molecule has 0 spiro atoms. The lowest BCUT2D eigenvalue weighted by Gasteiger charge is -2.21. The van der Waals surface area contributed by atoms with Crippen molar-refractivity contribution in [2.45, 2.75) is 13.0 Å². The molecule has 0 bridgehead atoms. The Morgan fingerprint density at radius 1 is 1.16 bits per heavy atom.